The SMILES string of the molecule is Cc1cc(S(=O)(=O)NCC(C)O)ccc1OCC(=O)N(C)C. The minimum absolute atomic E-state index is 0.0586. The number of ether oxygens (including phenoxy) is 1. The highest BCUT2D eigenvalue weighted by atomic mass is 32.2. The van der Waals surface area contributed by atoms with Crippen LogP contribution in [-0.4, -0.2) is 57.7 Å². The zero-order valence-electron chi connectivity index (χ0n) is 13.2. The third-order valence-electron chi connectivity index (χ3n) is 2.88. The van der Waals surface area contributed by atoms with Gasteiger partial charge in [-0.05, 0) is 37.6 Å². The normalized spacial score (nSPS) is 12.8. The number of aliphatic hydroxyl groups excluding tert-OH is 1. The number of nitrogens with one attached hydrogen (secondary N) is 1. The lowest BCUT2D eigenvalue weighted by molar-refractivity contribution is -0.130. The maximum atomic E-state index is 12.0. The molecule has 0 aliphatic heterocycles. The Hall–Kier alpha value is -1.64. The van der Waals surface area contributed by atoms with Gasteiger partial charge in [0, 0.05) is 20.6 Å². The summed E-state index contributed by atoms with van der Waals surface area (Å²) in [6.45, 7) is 3.02. The Morgan fingerprint density at radius 1 is 1.41 bits per heavy atom. The van der Waals surface area contributed by atoms with Crippen LogP contribution in [0.15, 0.2) is 23.1 Å². The average molecular weight is 330 g/mol. The smallest absolute Gasteiger partial charge is 0.259 e. The van der Waals surface area contributed by atoms with E-state index in [1.54, 1.807) is 21.0 Å². The van der Waals surface area contributed by atoms with Crippen LogP contribution in [0.25, 0.3) is 0 Å². The number of rotatable bonds is 7. The van der Waals surface area contributed by atoms with Crippen LogP contribution in [0, 0.1) is 6.92 Å². The summed E-state index contributed by atoms with van der Waals surface area (Å²) in [5, 5.41) is 9.15. The number of aliphatic hydroxyl groups is 1. The van der Waals surface area contributed by atoms with Gasteiger partial charge in [-0.3, -0.25) is 4.79 Å². The minimum Gasteiger partial charge on any atom is -0.483 e. The third kappa shape index (κ3) is 5.28. The summed E-state index contributed by atoms with van der Waals surface area (Å²) in [5.74, 6) is 0.263. The molecule has 1 unspecified atom stereocenters. The van der Waals surface area contributed by atoms with Crippen LogP contribution >= 0.6 is 0 Å². The molecule has 0 fully saturated rings. The molecule has 0 aliphatic carbocycles. The molecule has 1 atom stereocenters. The van der Waals surface area contributed by atoms with Crippen molar-refractivity contribution in [3.8, 4) is 5.75 Å². The van der Waals surface area contributed by atoms with E-state index in [-0.39, 0.29) is 24.0 Å². The molecule has 0 heterocycles. The van der Waals surface area contributed by atoms with E-state index in [0.29, 0.717) is 11.3 Å². The number of sulfonamides is 1. The van der Waals surface area contributed by atoms with Crippen LogP contribution in [0.1, 0.15) is 12.5 Å². The first-order chi connectivity index (χ1) is 10.1. The quantitative estimate of drug-likeness (QED) is 0.740. The van der Waals surface area contributed by atoms with E-state index < -0.39 is 16.1 Å². The molecule has 1 rings (SSSR count). The van der Waals surface area contributed by atoms with E-state index in [1.807, 2.05) is 0 Å². The van der Waals surface area contributed by atoms with Gasteiger partial charge < -0.3 is 14.7 Å². The van der Waals surface area contributed by atoms with Gasteiger partial charge in [0.15, 0.2) is 6.61 Å². The van der Waals surface area contributed by atoms with E-state index in [1.165, 1.54) is 30.0 Å². The Morgan fingerprint density at radius 3 is 2.55 bits per heavy atom. The van der Waals surface area contributed by atoms with Crippen LogP contribution < -0.4 is 9.46 Å². The summed E-state index contributed by atoms with van der Waals surface area (Å²) in [7, 11) is -0.426. The molecule has 1 aromatic carbocycles. The van der Waals surface area contributed by atoms with Gasteiger partial charge >= 0.3 is 0 Å². The average Bonchev–Trinajstić information content (AvgIpc) is 2.43. The Morgan fingerprint density at radius 2 is 2.05 bits per heavy atom. The highest BCUT2D eigenvalue weighted by molar-refractivity contribution is 7.89. The molecule has 124 valence electrons. The van der Waals surface area contributed by atoms with Crippen LogP contribution in [0.5, 0.6) is 5.75 Å². The minimum atomic E-state index is -3.68. The lowest BCUT2D eigenvalue weighted by atomic mass is 10.2. The summed E-state index contributed by atoms with van der Waals surface area (Å²) in [6, 6.07) is 4.36. The number of likely N-dealkylation sites (N-methyl/N-ethyl adjacent to an activating group) is 1. The molecule has 0 radical (unpaired) electrons. The standard InChI is InChI=1S/C14H22N2O5S/c1-10-7-12(22(19,20)15-8-11(2)17)5-6-13(10)21-9-14(18)16(3)4/h5-7,11,15,17H,8-9H2,1-4H3. The molecule has 0 saturated carbocycles. The van der Waals surface area contributed by atoms with Crippen molar-refractivity contribution in [2.45, 2.75) is 24.8 Å². The Balaban J connectivity index is 2.83. The number of carbonyl (C=O) groups is 1. The summed E-state index contributed by atoms with van der Waals surface area (Å²) in [4.78, 5) is 13.0. The van der Waals surface area contributed by atoms with Gasteiger partial charge in [-0.1, -0.05) is 0 Å². The largest absolute Gasteiger partial charge is 0.483 e. The molecule has 0 bridgehead atoms. The zero-order valence-corrected chi connectivity index (χ0v) is 14.0. The van der Waals surface area contributed by atoms with Gasteiger partial charge in [-0.2, -0.15) is 0 Å². The Kier molecular flexibility index (Phi) is 6.34. The number of benzene rings is 1. The lowest BCUT2D eigenvalue weighted by Crippen LogP contribution is -2.30. The number of hydrogen-bond donors (Lipinski definition) is 2. The molecule has 0 saturated heterocycles. The van der Waals surface area contributed by atoms with Crippen molar-refractivity contribution >= 4 is 15.9 Å². The van der Waals surface area contributed by atoms with Crippen LogP contribution in [0.4, 0.5) is 0 Å². The van der Waals surface area contributed by atoms with Gasteiger partial charge in [-0.25, -0.2) is 13.1 Å². The number of nitrogens with zero attached hydrogens (tertiary/aromatic N) is 1. The van der Waals surface area contributed by atoms with Crippen molar-refractivity contribution in [2.75, 3.05) is 27.2 Å². The molecule has 22 heavy (non-hydrogen) atoms. The topological polar surface area (TPSA) is 95.9 Å². The zero-order chi connectivity index (χ0) is 16.9. The van der Waals surface area contributed by atoms with Crippen molar-refractivity contribution in [2.24, 2.45) is 0 Å². The van der Waals surface area contributed by atoms with Crippen LogP contribution in [0.3, 0.4) is 0 Å². The second-order valence-corrected chi connectivity index (χ2v) is 6.97. The molecule has 8 heteroatoms. The number of hydrogen-bond acceptors (Lipinski definition) is 5. The van der Waals surface area contributed by atoms with E-state index in [9.17, 15) is 13.2 Å². The second kappa shape index (κ2) is 7.57. The molecule has 0 aromatic heterocycles. The fourth-order valence-electron chi connectivity index (χ4n) is 1.53. The number of carbonyl (C=O) groups excluding carboxylic acids is 1. The summed E-state index contributed by atoms with van der Waals surface area (Å²) < 4.78 is 31.7. The fourth-order valence-corrected chi connectivity index (χ4v) is 2.74. The maximum absolute atomic E-state index is 12.0. The third-order valence-corrected chi connectivity index (χ3v) is 4.30. The lowest BCUT2D eigenvalue weighted by Gasteiger charge is -2.14. The van der Waals surface area contributed by atoms with Crippen molar-refractivity contribution in [1.82, 2.24) is 9.62 Å². The molecular formula is C14H22N2O5S. The van der Waals surface area contributed by atoms with Crippen LogP contribution in [0.2, 0.25) is 0 Å². The predicted molar refractivity (Wildman–Crippen MR) is 82.2 cm³/mol. The van der Waals surface area contributed by atoms with Gasteiger partial charge in [0.2, 0.25) is 10.0 Å². The second-order valence-electron chi connectivity index (χ2n) is 5.21. The van der Waals surface area contributed by atoms with Crippen LogP contribution in [-0.2, 0) is 14.8 Å². The molecule has 1 aromatic rings. The number of amides is 1. The van der Waals surface area contributed by atoms with Crippen molar-refractivity contribution < 1.29 is 23.1 Å². The van der Waals surface area contributed by atoms with Gasteiger partial charge in [-0.15, -0.1) is 0 Å². The first kappa shape index (κ1) is 18.4. The van der Waals surface area contributed by atoms with E-state index in [2.05, 4.69) is 4.72 Å². The maximum Gasteiger partial charge on any atom is 0.259 e. The van der Waals surface area contributed by atoms with Gasteiger partial charge in [0.1, 0.15) is 5.75 Å². The summed E-state index contributed by atoms with van der Waals surface area (Å²) >= 11 is 0. The molecule has 7 nitrogen and oxygen atoms in total. The highest BCUT2D eigenvalue weighted by Crippen LogP contribution is 2.21. The van der Waals surface area contributed by atoms with Crippen molar-refractivity contribution in [1.29, 1.82) is 0 Å². The summed E-state index contributed by atoms with van der Waals surface area (Å²) in [6.07, 6.45) is -0.768. The fraction of sp³-hybridized carbons (Fsp3) is 0.500. The molecule has 2 N–H and O–H groups in total. The molecule has 0 spiro atoms. The molecular weight excluding hydrogens is 308 g/mol. The van der Waals surface area contributed by atoms with Crippen molar-refractivity contribution in [3.05, 3.63) is 23.8 Å². The summed E-state index contributed by atoms with van der Waals surface area (Å²) in [5.41, 5.74) is 0.603. The van der Waals surface area contributed by atoms with E-state index in [0.717, 1.165) is 0 Å². The van der Waals surface area contributed by atoms with Gasteiger partial charge in [0.25, 0.3) is 5.91 Å². The van der Waals surface area contributed by atoms with Crippen molar-refractivity contribution in [3.63, 3.8) is 0 Å². The molecule has 0 aliphatic rings. The van der Waals surface area contributed by atoms with E-state index in [4.69, 9.17) is 9.84 Å². The van der Waals surface area contributed by atoms with Gasteiger partial charge in [0.05, 0.1) is 11.0 Å². The Bertz CT molecular complexity index is 626. The number of aryl methyl sites for hydroxylation is 1. The first-order valence-corrected chi connectivity index (χ1v) is 8.23. The molecule has 1 amide bonds. The highest BCUT2D eigenvalue weighted by Gasteiger charge is 2.16. The Labute approximate surface area is 130 Å². The first-order valence-electron chi connectivity index (χ1n) is 6.75. The predicted octanol–water partition coefficient (Wildman–Crippen LogP) is 0.121. The van der Waals surface area contributed by atoms with E-state index >= 15 is 0 Å². The monoisotopic (exact) mass is 330 g/mol.